The predicted molar refractivity (Wildman–Crippen MR) is 65.4 cm³/mol. The van der Waals surface area contributed by atoms with Crippen LogP contribution < -0.4 is 5.32 Å². The van der Waals surface area contributed by atoms with E-state index in [4.69, 9.17) is 0 Å². The second-order valence-corrected chi connectivity index (χ2v) is 3.87. The number of carbonyl (C=O) groups is 1. The van der Waals surface area contributed by atoms with Crippen molar-refractivity contribution in [2.75, 3.05) is 0 Å². The Bertz CT molecular complexity index is 609. The van der Waals surface area contributed by atoms with Gasteiger partial charge in [0.05, 0.1) is 11.5 Å². The van der Waals surface area contributed by atoms with Gasteiger partial charge in [0.1, 0.15) is 12.2 Å². The molecule has 0 saturated heterocycles. The first-order valence-corrected chi connectivity index (χ1v) is 5.45. The number of hydrogen-bond donors (Lipinski definition) is 2. The number of aromatic amines is 1. The maximum atomic E-state index is 11.9. The van der Waals surface area contributed by atoms with Crippen LogP contribution in [-0.4, -0.2) is 26.0 Å². The van der Waals surface area contributed by atoms with Crippen molar-refractivity contribution >= 4 is 11.6 Å². The molecule has 0 saturated carbocycles. The van der Waals surface area contributed by atoms with Crippen LogP contribution in [0.25, 0.3) is 0 Å². The Morgan fingerprint density at radius 1 is 1.53 bits per heavy atom. The first-order chi connectivity index (χ1) is 9.08. The number of aromatic nitrogens is 3. The summed E-state index contributed by atoms with van der Waals surface area (Å²) in [5.41, 5.74) is 0.824. The van der Waals surface area contributed by atoms with Gasteiger partial charge in [0, 0.05) is 17.7 Å². The molecule has 19 heavy (non-hydrogen) atoms. The predicted octanol–water partition coefficient (Wildman–Crippen LogP) is 0.951. The quantitative estimate of drug-likeness (QED) is 0.628. The van der Waals surface area contributed by atoms with Crippen molar-refractivity contribution in [2.24, 2.45) is 0 Å². The highest BCUT2D eigenvalue weighted by Gasteiger charge is 2.14. The van der Waals surface area contributed by atoms with E-state index in [1.807, 2.05) is 0 Å². The molecule has 0 bridgehead atoms. The number of amides is 1. The Kier molecular flexibility index (Phi) is 3.51. The second-order valence-electron chi connectivity index (χ2n) is 3.87. The summed E-state index contributed by atoms with van der Waals surface area (Å²) in [5.74, 6) is 0.119. The summed E-state index contributed by atoms with van der Waals surface area (Å²) in [4.78, 5) is 25.9. The average molecular weight is 261 g/mol. The van der Waals surface area contributed by atoms with Crippen LogP contribution in [-0.2, 0) is 6.54 Å². The number of hydrogen-bond acceptors (Lipinski definition) is 5. The van der Waals surface area contributed by atoms with Gasteiger partial charge in [0.15, 0.2) is 0 Å². The van der Waals surface area contributed by atoms with Gasteiger partial charge in [-0.15, -0.1) is 0 Å². The van der Waals surface area contributed by atoms with Crippen LogP contribution in [0.4, 0.5) is 5.69 Å². The van der Waals surface area contributed by atoms with E-state index in [1.54, 1.807) is 13.0 Å². The molecule has 1 aromatic carbocycles. The SMILES string of the molecule is Cc1ccc([N+](=O)[O-])cc1C(=O)NCc1ncn[nH]1. The fourth-order valence-electron chi connectivity index (χ4n) is 1.54. The third kappa shape index (κ3) is 2.92. The van der Waals surface area contributed by atoms with E-state index in [9.17, 15) is 14.9 Å². The smallest absolute Gasteiger partial charge is 0.270 e. The Labute approximate surface area is 108 Å². The van der Waals surface area contributed by atoms with Gasteiger partial charge in [0.25, 0.3) is 11.6 Å². The van der Waals surface area contributed by atoms with E-state index in [1.165, 1.54) is 18.5 Å². The molecule has 0 aliphatic heterocycles. The zero-order valence-electron chi connectivity index (χ0n) is 10.1. The molecule has 1 aromatic heterocycles. The average Bonchev–Trinajstić information content (AvgIpc) is 2.89. The number of non-ortho nitro benzene ring substituents is 1. The van der Waals surface area contributed by atoms with Gasteiger partial charge in [-0.3, -0.25) is 20.0 Å². The van der Waals surface area contributed by atoms with E-state index in [0.717, 1.165) is 0 Å². The Morgan fingerprint density at radius 3 is 2.95 bits per heavy atom. The molecule has 0 aliphatic rings. The number of carbonyl (C=O) groups excluding carboxylic acids is 1. The van der Waals surface area contributed by atoms with Gasteiger partial charge in [-0.1, -0.05) is 6.07 Å². The number of nitrogens with zero attached hydrogens (tertiary/aromatic N) is 3. The van der Waals surface area contributed by atoms with Crippen LogP contribution in [0.15, 0.2) is 24.5 Å². The van der Waals surface area contributed by atoms with E-state index < -0.39 is 10.8 Å². The summed E-state index contributed by atoms with van der Waals surface area (Å²) in [6, 6.07) is 4.16. The van der Waals surface area contributed by atoms with Crippen molar-refractivity contribution in [3.05, 3.63) is 51.6 Å². The van der Waals surface area contributed by atoms with E-state index >= 15 is 0 Å². The third-order valence-electron chi connectivity index (χ3n) is 2.56. The van der Waals surface area contributed by atoms with E-state index in [-0.39, 0.29) is 17.8 Å². The number of aryl methyl sites for hydroxylation is 1. The summed E-state index contributed by atoms with van der Waals surface area (Å²) in [6.07, 6.45) is 1.33. The molecule has 0 atom stereocenters. The first-order valence-electron chi connectivity index (χ1n) is 5.45. The zero-order chi connectivity index (χ0) is 13.8. The monoisotopic (exact) mass is 261 g/mol. The van der Waals surface area contributed by atoms with Gasteiger partial charge >= 0.3 is 0 Å². The van der Waals surface area contributed by atoms with E-state index in [2.05, 4.69) is 20.5 Å². The van der Waals surface area contributed by atoms with Crippen LogP contribution in [0.2, 0.25) is 0 Å². The van der Waals surface area contributed by atoms with Crippen molar-refractivity contribution in [1.29, 1.82) is 0 Å². The maximum absolute atomic E-state index is 11.9. The van der Waals surface area contributed by atoms with Crippen molar-refractivity contribution in [2.45, 2.75) is 13.5 Å². The fourth-order valence-corrected chi connectivity index (χ4v) is 1.54. The Balaban J connectivity index is 2.14. The van der Waals surface area contributed by atoms with Gasteiger partial charge in [-0.2, -0.15) is 5.10 Å². The molecule has 8 heteroatoms. The van der Waals surface area contributed by atoms with Gasteiger partial charge in [-0.25, -0.2) is 4.98 Å². The minimum atomic E-state index is -0.535. The molecule has 0 spiro atoms. The third-order valence-corrected chi connectivity index (χ3v) is 2.56. The van der Waals surface area contributed by atoms with Gasteiger partial charge in [0.2, 0.25) is 0 Å². The first kappa shape index (κ1) is 12.7. The molecular weight excluding hydrogens is 250 g/mol. The van der Waals surface area contributed by atoms with Crippen LogP contribution in [0.3, 0.4) is 0 Å². The molecule has 2 N–H and O–H groups in total. The fraction of sp³-hybridized carbons (Fsp3) is 0.182. The minimum absolute atomic E-state index is 0.115. The van der Waals surface area contributed by atoms with Crippen molar-refractivity contribution in [3.63, 3.8) is 0 Å². The lowest BCUT2D eigenvalue weighted by Crippen LogP contribution is -2.24. The lowest BCUT2D eigenvalue weighted by molar-refractivity contribution is -0.384. The van der Waals surface area contributed by atoms with E-state index in [0.29, 0.717) is 11.4 Å². The van der Waals surface area contributed by atoms with Crippen LogP contribution in [0, 0.1) is 17.0 Å². The van der Waals surface area contributed by atoms with Crippen molar-refractivity contribution < 1.29 is 9.72 Å². The standard InChI is InChI=1S/C11H11N5O3/c1-7-2-3-8(16(18)19)4-9(7)11(17)12-5-10-13-6-14-15-10/h2-4,6H,5H2,1H3,(H,12,17)(H,13,14,15). The zero-order valence-corrected chi connectivity index (χ0v) is 10.1. The highest BCUT2D eigenvalue weighted by atomic mass is 16.6. The molecule has 2 aromatic rings. The highest BCUT2D eigenvalue weighted by Crippen LogP contribution is 2.17. The number of H-pyrrole nitrogens is 1. The van der Waals surface area contributed by atoms with Crippen molar-refractivity contribution in [1.82, 2.24) is 20.5 Å². The molecular formula is C11H11N5O3. The number of nitro benzene ring substituents is 1. The van der Waals surface area contributed by atoms with Crippen LogP contribution in [0.1, 0.15) is 21.7 Å². The minimum Gasteiger partial charge on any atom is -0.345 e. The lowest BCUT2D eigenvalue weighted by atomic mass is 10.1. The number of rotatable bonds is 4. The molecule has 98 valence electrons. The Morgan fingerprint density at radius 2 is 2.32 bits per heavy atom. The molecule has 0 unspecified atom stereocenters. The molecule has 1 heterocycles. The summed E-state index contributed by atoms with van der Waals surface area (Å²) in [7, 11) is 0. The molecule has 8 nitrogen and oxygen atoms in total. The number of nitro groups is 1. The maximum Gasteiger partial charge on any atom is 0.270 e. The Hall–Kier alpha value is -2.77. The number of nitrogens with one attached hydrogen (secondary N) is 2. The summed E-state index contributed by atoms with van der Waals surface area (Å²) in [6.45, 7) is 1.90. The second kappa shape index (κ2) is 5.25. The largest absolute Gasteiger partial charge is 0.345 e. The summed E-state index contributed by atoms with van der Waals surface area (Å²) >= 11 is 0. The van der Waals surface area contributed by atoms with Crippen molar-refractivity contribution in [3.8, 4) is 0 Å². The molecule has 2 rings (SSSR count). The van der Waals surface area contributed by atoms with Crippen LogP contribution >= 0.6 is 0 Å². The highest BCUT2D eigenvalue weighted by molar-refractivity contribution is 5.96. The summed E-state index contributed by atoms with van der Waals surface area (Å²) < 4.78 is 0. The normalized spacial score (nSPS) is 10.2. The molecule has 0 fully saturated rings. The lowest BCUT2D eigenvalue weighted by Gasteiger charge is -2.06. The van der Waals surface area contributed by atoms with Gasteiger partial charge in [-0.05, 0) is 12.5 Å². The summed E-state index contributed by atoms with van der Waals surface area (Å²) in [5, 5.41) is 19.6. The molecule has 1 amide bonds. The van der Waals surface area contributed by atoms with Gasteiger partial charge < -0.3 is 5.32 Å². The van der Waals surface area contributed by atoms with Crippen LogP contribution in [0.5, 0.6) is 0 Å². The molecule has 0 radical (unpaired) electrons. The topological polar surface area (TPSA) is 114 Å². The number of benzene rings is 1. The molecule has 0 aliphatic carbocycles.